The van der Waals surface area contributed by atoms with Gasteiger partial charge in [-0.3, -0.25) is 9.59 Å². The number of hydroxylamine groups is 1. The molecule has 0 bridgehead atoms. The molecule has 2 aromatic rings. The van der Waals surface area contributed by atoms with Crippen LogP contribution in [-0.2, 0) is 33.7 Å². The third kappa shape index (κ3) is 5.77. The first-order valence-corrected chi connectivity index (χ1v) is 15.6. The Kier molecular flexibility index (Phi) is 7.99. The van der Waals surface area contributed by atoms with Crippen LogP contribution in [0, 0.1) is 5.92 Å². The first-order valence-electron chi connectivity index (χ1n) is 13.2. The molecule has 1 aromatic heterocycles. The van der Waals surface area contributed by atoms with Gasteiger partial charge < -0.3 is 10.1 Å². The highest BCUT2D eigenvalue weighted by atomic mass is 32.2. The summed E-state index contributed by atoms with van der Waals surface area (Å²) in [5.41, 5.74) is 4.07. The summed E-state index contributed by atoms with van der Waals surface area (Å²) in [6.45, 7) is 0.586. The number of anilines is 1. The molecule has 3 fully saturated rings. The standard InChI is InChI=1S/C27H34N2O6S2/c30-24(29-35-25-11-1-3-15-34-25)18-27(14-2-4-16-37(27,32)33)23-13-12-22(36-23)20-9-6-10-21(17-20)28-26(31)19-7-5-8-19/h6,9-10,12-13,17,19,25H,1-5,7-8,11,14-16,18H2,(H,28,31)(H,29,30)/t25?,27-/m0/s1. The number of ether oxygens (including phenoxy) is 1. The molecule has 2 N–H and O–H groups in total. The van der Waals surface area contributed by atoms with Gasteiger partial charge in [-0.1, -0.05) is 25.0 Å². The minimum atomic E-state index is -3.57. The number of amides is 2. The van der Waals surface area contributed by atoms with Gasteiger partial charge in [-0.25, -0.2) is 18.7 Å². The summed E-state index contributed by atoms with van der Waals surface area (Å²) in [6, 6.07) is 11.3. The van der Waals surface area contributed by atoms with Crippen molar-refractivity contribution in [1.82, 2.24) is 5.48 Å². The maximum Gasteiger partial charge on any atom is 0.245 e. The quantitative estimate of drug-likeness (QED) is 0.455. The summed E-state index contributed by atoms with van der Waals surface area (Å²) in [5, 5.41) is 3.00. The molecule has 1 aromatic carbocycles. The summed E-state index contributed by atoms with van der Waals surface area (Å²) >= 11 is 1.39. The highest BCUT2D eigenvalue weighted by Crippen LogP contribution is 2.47. The Labute approximate surface area is 222 Å². The third-order valence-electron chi connectivity index (χ3n) is 7.67. The molecule has 2 atom stereocenters. The SMILES string of the molecule is O=C(C[C@]1(c2ccc(-c3cccc(NC(=O)C4CCC4)c3)s2)CCCCS1(=O)=O)NOC1CCCCO1. The number of rotatable bonds is 8. The largest absolute Gasteiger partial charge is 0.350 e. The Morgan fingerprint density at radius 3 is 2.65 bits per heavy atom. The first-order chi connectivity index (χ1) is 17.9. The van der Waals surface area contributed by atoms with Crippen molar-refractivity contribution in [3.8, 4) is 10.4 Å². The number of nitrogens with one attached hydrogen (secondary N) is 2. The van der Waals surface area contributed by atoms with Crippen molar-refractivity contribution >= 4 is 38.7 Å². The van der Waals surface area contributed by atoms with E-state index in [1.54, 1.807) is 0 Å². The third-order valence-corrected chi connectivity index (χ3v) is 11.7. The molecular formula is C27H34N2O6S2. The number of carbonyl (C=O) groups is 2. The van der Waals surface area contributed by atoms with E-state index in [1.165, 1.54) is 11.3 Å². The van der Waals surface area contributed by atoms with Gasteiger partial charge in [-0.05, 0) is 68.4 Å². The molecule has 0 spiro atoms. The zero-order chi connectivity index (χ0) is 25.9. The van der Waals surface area contributed by atoms with E-state index in [4.69, 9.17) is 9.57 Å². The molecule has 1 saturated carbocycles. The Morgan fingerprint density at radius 2 is 1.92 bits per heavy atom. The fourth-order valence-corrected chi connectivity index (χ4v) is 9.03. The van der Waals surface area contributed by atoms with Crippen molar-refractivity contribution in [2.24, 2.45) is 5.92 Å². The van der Waals surface area contributed by atoms with Crippen LogP contribution in [0.15, 0.2) is 36.4 Å². The van der Waals surface area contributed by atoms with Crippen LogP contribution in [0.3, 0.4) is 0 Å². The minimum Gasteiger partial charge on any atom is -0.350 e. The van der Waals surface area contributed by atoms with Crippen LogP contribution in [0.5, 0.6) is 0 Å². The van der Waals surface area contributed by atoms with E-state index in [2.05, 4.69) is 10.8 Å². The molecule has 0 radical (unpaired) electrons. The molecule has 2 aliphatic heterocycles. The lowest BCUT2D eigenvalue weighted by molar-refractivity contribution is -0.200. The molecule has 5 rings (SSSR count). The van der Waals surface area contributed by atoms with Gasteiger partial charge in [-0.2, -0.15) is 0 Å². The van der Waals surface area contributed by atoms with Crippen LogP contribution in [-0.4, -0.2) is 38.9 Å². The number of thiophene rings is 1. The fraction of sp³-hybridized carbons (Fsp3) is 0.556. The summed E-state index contributed by atoms with van der Waals surface area (Å²) in [6.07, 6.45) is 6.60. The fourth-order valence-electron chi connectivity index (χ4n) is 5.25. The summed E-state index contributed by atoms with van der Waals surface area (Å²) < 4.78 is 31.2. The van der Waals surface area contributed by atoms with E-state index >= 15 is 0 Å². The zero-order valence-corrected chi connectivity index (χ0v) is 22.5. The van der Waals surface area contributed by atoms with Crippen molar-refractivity contribution in [2.75, 3.05) is 17.7 Å². The Morgan fingerprint density at radius 1 is 1.05 bits per heavy atom. The van der Waals surface area contributed by atoms with Crippen LogP contribution in [0.4, 0.5) is 5.69 Å². The van der Waals surface area contributed by atoms with E-state index in [-0.39, 0.29) is 24.0 Å². The predicted molar refractivity (Wildman–Crippen MR) is 142 cm³/mol. The van der Waals surface area contributed by atoms with Crippen LogP contribution < -0.4 is 10.8 Å². The Hall–Kier alpha value is -2.27. The van der Waals surface area contributed by atoms with Gasteiger partial charge >= 0.3 is 0 Å². The van der Waals surface area contributed by atoms with Gasteiger partial charge in [0.05, 0.1) is 12.2 Å². The predicted octanol–water partition coefficient (Wildman–Crippen LogP) is 4.91. The van der Waals surface area contributed by atoms with E-state index in [0.29, 0.717) is 30.7 Å². The average molecular weight is 547 g/mol. The molecular weight excluding hydrogens is 512 g/mol. The number of benzene rings is 1. The van der Waals surface area contributed by atoms with Crippen LogP contribution in [0.2, 0.25) is 0 Å². The second kappa shape index (κ2) is 11.2. The molecule has 2 amide bonds. The highest BCUT2D eigenvalue weighted by Gasteiger charge is 2.49. The average Bonchev–Trinajstić information content (AvgIpc) is 3.35. The maximum absolute atomic E-state index is 13.5. The van der Waals surface area contributed by atoms with E-state index < -0.39 is 26.8 Å². The molecule has 3 heterocycles. The number of carbonyl (C=O) groups excluding carboxylic acids is 2. The zero-order valence-electron chi connectivity index (χ0n) is 20.9. The smallest absolute Gasteiger partial charge is 0.245 e. The molecule has 2 saturated heterocycles. The van der Waals surface area contributed by atoms with E-state index in [1.807, 2.05) is 36.4 Å². The lowest BCUT2D eigenvalue weighted by Crippen LogP contribution is -2.45. The van der Waals surface area contributed by atoms with Gasteiger partial charge in [0.15, 0.2) is 16.1 Å². The van der Waals surface area contributed by atoms with Crippen molar-refractivity contribution in [3.05, 3.63) is 41.3 Å². The van der Waals surface area contributed by atoms with Gasteiger partial charge in [-0.15, -0.1) is 11.3 Å². The second-order valence-corrected chi connectivity index (χ2v) is 13.8. The molecule has 1 aliphatic carbocycles. The lowest BCUT2D eigenvalue weighted by Gasteiger charge is -2.35. The van der Waals surface area contributed by atoms with Crippen molar-refractivity contribution in [2.45, 2.75) is 75.2 Å². The van der Waals surface area contributed by atoms with E-state index in [0.717, 1.165) is 54.7 Å². The molecule has 1 unspecified atom stereocenters. The van der Waals surface area contributed by atoms with Crippen LogP contribution in [0.25, 0.3) is 10.4 Å². The van der Waals surface area contributed by atoms with Crippen LogP contribution >= 0.6 is 11.3 Å². The maximum atomic E-state index is 13.5. The van der Waals surface area contributed by atoms with Crippen molar-refractivity contribution in [3.63, 3.8) is 0 Å². The summed E-state index contributed by atoms with van der Waals surface area (Å²) in [4.78, 5) is 32.3. The van der Waals surface area contributed by atoms with Crippen molar-refractivity contribution < 1.29 is 27.6 Å². The molecule has 200 valence electrons. The van der Waals surface area contributed by atoms with Crippen LogP contribution in [0.1, 0.15) is 69.1 Å². The first kappa shape index (κ1) is 26.3. The van der Waals surface area contributed by atoms with Gasteiger partial charge in [0.1, 0.15) is 4.75 Å². The second-order valence-electron chi connectivity index (χ2n) is 10.2. The van der Waals surface area contributed by atoms with Gasteiger partial charge in [0, 0.05) is 34.4 Å². The number of sulfone groups is 1. The van der Waals surface area contributed by atoms with Gasteiger partial charge in [0.2, 0.25) is 11.8 Å². The number of hydrogen-bond acceptors (Lipinski definition) is 7. The lowest BCUT2D eigenvalue weighted by atomic mass is 9.85. The molecule has 37 heavy (non-hydrogen) atoms. The molecule has 10 heteroatoms. The minimum absolute atomic E-state index is 0.0504. The summed E-state index contributed by atoms with van der Waals surface area (Å²) in [7, 11) is -3.57. The molecule has 3 aliphatic rings. The topological polar surface area (TPSA) is 111 Å². The normalized spacial score (nSPS) is 25.7. The Balaban J connectivity index is 1.35. The highest BCUT2D eigenvalue weighted by molar-refractivity contribution is 7.92. The van der Waals surface area contributed by atoms with E-state index in [9.17, 15) is 18.0 Å². The monoisotopic (exact) mass is 546 g/mol. The summed E-state index contributed by atoms with van der Waals surface area (Å²) in [5.74, 6) is -0.263. The Bertz CT molecular complexity index is 1230. The van der Waals surface area contributed by atoms with Gasteiger partial charge in [0.25, 0.3) is 0 Å². The molecule has 8 nitrogen and oxygen atoms in total. The number of hydrogen-bond donors (Lipinski definition) is 2. The van der Waals surface area contributed by atoms with Crippen molar-refractivity contribution in [1.29, 1.82) is 0 Å².